The van der Waals surface area contributed by atoms with E-state index in [4.69, 9.17) is 0 Å². The molecule has 1 fully saturated rings. The van der Waals surface area contributed by atoms with Gasteiger partial charge in [0.25, 0.3) is 0 Å². The third-order valence-corrected chi connectivity index (χ3v) is 2.73. The third kappa shape index (κ3) is 5.17. The van der Waals surface area contributed by atoms with E-state index in [1.54, 1.807) is 0 Å². The van der Waals surface area contributed by atoms with Gasteiger partial charge in [-0.05, 0) is 24.9 Å². The molecule has 1 heterocycles. The predicted octanol–water partition coefficient (Wildman–Crippen LogP) is 2.37. The van der Waals surface area contributed by atoms with Crippen LogP contribution in [0.4, 0.5) is 0 Å². The molecule has 4 heteroatoms. The molecule has 0 aromatic heterocycles. The van der Waals surface area contributed by atoms with Crippen LogP contribution >= 0.6 is 24.8 Å². The van der Waals surface area contributed by atoms with Crippen LogP contribution in [0.5, 0.6) is 0 Å². The van der Waals surface area contributed by atoms with E-state index in [-0.39, 0.29) is 24.8 Å². The largest absolute Gasteiger partial charge is 0.315 e. The van der Waals surface area contributed by atoms with E-state index in [1.807, 2.05) is 0 Å². The monoisotopic (exact) mass is 262 g/mol. The fourth-order valence-electron chi connectivity index (χ4n) is 1.88. The average Bonchev–Trinajstić information content (AvgIpc) is 2.29. The van der Waals surface area contributed by atoms with E-state index < -0.39 is 0 Å². The second kappa shape index (κ2) is 8.82. The van der Waals surface area contributed by atoms with Gasteiger partial charge in [0.15, 0.2) is 0 Å². The Morgan fingerprint density at radius 1 is 1.19 bits per heavy atom. The molecule has 2 N–H and O–H groups in total. The minimum atomic E-state index is 0. The fraction of sp³-hybridized carbons (Fsp3) is 0.500. The standard InChI is InChI=1S/C12H18N2.2ClH/c1-2-5-11(6-3-1)9-14-12-7-4-8-13-10-12;;/h1-3,5-6,12-14H,4,7-10H2;2*1H. The van der Waals surface area contributed by atoms with Gasteiger partial charge in [-0.1, -0.05) is 30.3 Å². The molecule has 2 rings (SSSR count). The number of halogens is 2. The molecule has 16 heavy (non-hydrogen) atoms. The molecule has 1 atom stereocenters. The molecule has 0 saturated carbocycles. The molecular formula is C12H20Cl2N2. The molecule has 0 spiro atoms. The fourth-order valence-corrected chi connectivity index (χ4v) is 1.88. The van der Waals surface area contributed by atoms with E-state index in [1.165, 1.54) is 24.9 Å². The summed E-state index contributed by atoms with van der Waals surface area (Å²) in [6.07, 6.45) is 2.60. The van der Waals surface area contributed by atoms with E-state index >= 15 is 0 Å². The predicted molar refractivity (Wildman–Crippen MR) is 73.7 cm³/mol. The van der Waals surface area contributed by atoms with Gasteiger partial charge < -0.3 is 10.6 Å². The molecule has 1 unspecified atom stereocenters. The molecule has 2 nitrogen and oxygen atoms in total. The van der Waals surface area contributed by atoms with Crippen molar-refractivity contribution in [1.29, 1.82) is 0 Å². The van der Waals surface area contributed by atoms with Gasteiger partial charge in [-0.25, -0.2) is 0 Å². The van der Waals surface area contributed by atoms with Gasteiger partial charge >= 0.3 is 0 Å². The van der Waals surface area contributed by atoms with Crippen molar-refractivity contribution in [2.75, 3.05) is 13.1 Å². The Hall–Kier alpha value is -0.280. The normalized spacial score (nSPS) is 19.4. The highest BCUT2D eigenvalue weighted by atomic mass is 35.5. The summed E-state index contributed by atoms with van der Waals surface area (Å²) in [6.45, 7) is 3.30. The number of hydrogen-bond donors (Lipinski definition) is 2. The van der Waals surface area contributed by atoms with Crippen molar-refractivity contribution in [2.24, 2.45) is 0 Å². The summed E-state index contributed by atoms with van der Waals surface area (Å²) in [7, 11) is 0. The molecule has 1 aromatic rings. The maximum atomic E-state index is 3.58. The molecule has 0 amide bonds. The first-order chi connectivity index (χ1) is 6.95. The highest BCUT2D eigenvalue weighted by molar-refractivity contribution is 5.85. The Labute approximate surface area is 110 Å². The van der Waals surface area contributed by atoms with Crippen LogP contribution in [0.1, 0.15) is 18.4 Å². The number of nitrogens with one attached hydrogen (secondary N) is 2. The van der Waals surface area contributed by atoms with E-state index in [0.717, 1.165) is 13.1 Å². The van der Waals surface area contributed by atoms with Crippen molar-refractivity contribution < 1.29 is 0 Å². The molecule has 1 aliphatic heterocycles. The van der Waals surface area contributed by atoms with Crippen molar-refractivity contribution >= 4 is 24.8 Å². The lowest BCUT2D eigenvalue weighted by molar-refractivity contribution is 0.389. The summed E-state index contributed by atoms with van der Waals surface area (Å²) in [4.78, 5) is 0. The molecule has 1 aromatic carbocycles. The number of hydrogen-bond acceptors (Lipinski definition) is 2. The van der Waals surface area contributed by atoms with Crippen LogP contribution in [0.3, 0.4) is 0 Å². The van der Waals surface area contributed by atoms with Gasteiger partial charge in [-0.2, -0.15) is 0 Å². The maximum Gasteiger partial charge on any atom is 0.0208 e. The average molecular weight is 263 g/mol. The molecule has 92 valence electrons. The highest BCUT2D eigenvalue weighted by Gasteiger charge is 2.11. The van der Waals surface area contributed by atoms with Crippen molar-refractivity contribution in [1.82, 2.24) is 10.6 Å². The molecule has 1 saturated heterocycles. The van der Waals surface area contributed by atoms with Crippen molar-refractivity contribution in [2.45, 2.75) is 25.4 Å². The zero-order valence-electron chi connectivity index (χ0n) is 9.32. The van der Waals surface area contributed by atoms with Crippen LogP contribution < -0.4 is 10.6 Å². The lowest BCUT2D eigenvalue weighted by Gasteiger charge is -2.23. The lowest BCUT2D eigenvalue weighted by atomic mass is 10.1. The summed E-state index contributed by atoms with van der Waals surface area (Å²) in [5.74, 6) is 0. The van der Waals surface area contributed by atoms with Crippen molar-refractivity contribution in [3.8, 4) is 0 Å². The van der Waals surface area contributed by atoms with Crippen molar-refractivity contribution in [3.05, 3.63) is 35.9 Å². The molecule has 1 aliphatic rings. The van der Waals surface area contributed by atoms with Crippen LogP contribution in [0.2, 0.25) is 0 Å². The Kier molecular flexibility index (Phi) is 8.67. The molecular weight excluding hydrogens is 243 g/mol. The first-order valence-electron chi connectivity index (χ1n) is 5.43. The number of rotatable bonds is 3. The zero-order chi connectivity index (χ0) is 9.64. The first kappa shape index (κ1) is 15.7. The second-order valence-electron chi connectivity index (χ2n) is 3.91. The van der Waals surface area contributed by atoms with Crippen LogP contribution in [-0.2, 0) is 6.54 Å². The zero-order valence-corrected chi connectivity index (χ0v) is 10.9. The van der Waals surface area contributed by atoms with Crippen LogP contribution in [0.15, 0.2) is 30.3 Å². The van der Waals surface area contributed by atoms with Crippen LogP contribution in [-0.4, -0.2) is 19.1 Å². The van der Waals surface area contributed by atoms with E-state index in [0.29, 0.717) is 6.04 Å². The smallest absolute Gasteiger partial charge is 0.0208 e. The van der Waals surface area contributed by atoms with Gasteiger partial charge in [0, 0.05) is 19.1 Å². The van der Waals surface area contributed by atoms with Gasteiger partial charge in [-0.15, -0.1) is 24.8 Å². The molecule has 0 aliphatic carbocycles. The summed E-state index contributed by atoms with van der Waals surface area (Å²) in [6, 6.07) is 11.2. The number of benzene rings is 1. The third-order valence-electron chi connectivity index (χ3n) is 2.73. The maximum absolute atomic E-state index is 3.58. The first-order valence-corrected chi connectivity index (χ1v) is 5.43. The molecule has 0 bridgehead atoms. The molecule has 0 radical (unpaired) electrons. The highest BCUT2D eigenvalue weighted by Crippen LogP contribution is 2.03. The Bertz CT molecular complexity index is 261. The summed E-state index contributed by atoms with van der Waals surface area (Å²) >= 11 is 0. The Morgan fingerprint density at radius 2 is 1.94 bits per heavy atom. The van der Waals surface area contributed by atoms with E-state index in [2.05, 4.69) is 41.0 Å². The topological polar surface area (TPSA) is 24.1 Å². The second-order valence-corrected chi connectivity index (χ2v) is 3.91. The van der Waals surface area contributed by atoms with Gasteiger partial charge in [-0.3, -0.25) is 0 Å². The van der Waals surface area contributed by atoms with Crippen LogP contribution in [0, 0.1) is 0 Å². The van der Waals surface area contributed by atoms with Gasteiger partial charge in [0.2, 0.25) is 0 Å². The number of piperidine rings is 1. The summed E-state index contributed by atoms with van der Waals surface area (Å²) < 4.78 is 0. The van der Waals surface area contributed by atoms with Crippen LogP contribution in [0.25, 0.3) is 0 Å². The minimum absolute atomic E-state index is 0. The Balaban J connectivity index is 0.00000112. The lowest BCUT2D eigenvalue weighted by Crippen LogP contribution is -2.42. The quantitative estimate of drug-likeness (QED) is 0.874. The van der Waals surface area contributed by atoms with Crippen molar-refractivity contribution in [3.63, 3.8) is 0 Å². The minimum Gasteiger partial charge on any atom is -0.315 e. The summed E-state index contributed by atoms with van der Waals surface area (Å²) in [5.41, 5.74) is 1.37. The summed E-state index contributed by atoms with van der Waals surface area (Å²) in [5, 5.41) is 6.98. The Morgan fingerprint density at radius 3 is 2.56 bits per heavy atom. The van der Waals surface area contributed by atoms with Gasteiger partial charge in [0.1, 0.15) is 0 Å². The van der Waals surface area contributed by atoms with Gasteiger partial charge in [0.05, 0.1) is 0 Å². The SMILES string of the molecule is Cl.Cl.c1ccc(CNC2CCCNC2)cc1. The van der Waals surface area contributed by atoms with E-state index in [9.17, 15) is 0 Å².